The third-order valence-corrected chi connectivity index (χ3v) is 3.65. The van der Waals surface area contributed by atoms with E-state index in [0.29, 0.717) is 6.04 Å². The standard InChI is InChI=1S/C14H32N2O/c1-6-9-13(3)16(5)11-8-10-14(4,12-17)15-7-2/h13,15,17H,6-12H2,1-5H3. The summed E-state index contributed by atoms with van der Waals surface area (Å²) in [5.74, 6) is 0. The fourth-order valence-electron chi connectivity index (χ4n) is 2.23. The molecule has 2 N–H and O–H groups in total. The molecule has 0 fully saturated rings. The van der Waals surface area contributed by atoms with E-state index in [1.165, 1.54) is 12.8 Å². The number of rotatable bonds is 10. The molecular formula is C14H32N2O. The molecule has 3 heteroatoms. The second-order valence-corrected chi connectivity index (χ2v) is 5.47. The summed E-state index contributed by atoms with van der Waals surface area (Å²) in [5.41, 5.74) is -0.108. The molecule has 0 heterocycles. The number of aliphatic hydroxyl groups excluding tert-OH is 1. The summed E-state index contributed by atoms with van der Waals surface area (Å²) in [6.07, 6.45) is 4.67. The van der Waals surface area contributed by atoms with Crippen LogP contribution in [0.5, 0.6) is 0 Å². The van der Waals surface area contributed by atoms with Gasteiger partial charge in [0, 0.05) is 11.6 Å². The van der Waals surface area contributed by atoms with Crippen molar-refractivity contribution in [2.75, 3.05) is 26.7 Å². The van der Waals surface area contributed by atoms with Crippen LogP contribution in [0.1, 0.15) is 53.4 Å². The Kier molecular flexibility index (Phi) is 8.83. The van der Waals surface area contributed by atoms with Crippen LogP contribution in [0.15, 0.2) is 0 Å². The second-order valence-electron chi connectivity index (χ2n) is 5.47. The molecular weight excluding hydrogens is 212 g/mol. The first-order valence-electron chi connectivity index (χ1n) is 7.05. The quantitative estimate of drug-likeness (QED) is 0.619. The number of hydrogen-bond donors (Lipinski definition) is 2. The van der Waals surface area contributed by atoms with Crippen LogP contribution in [-0.4, -0.2) is 48.3 Å². The van der Waals surface area contributed by atoms with E-state index in [2.05, 4.69) is 45.0 Å². The summed E-state index contributed by atoms with van der Waals surface area (Å²) in [6.45, 7) is 11.0. The van der Waals surface area contributed by atoms with Crippen molar-refractivity contribution < 1.29 is 5.11 Å². The summed E-state index contributed by atoms with van der Waals surface area (Å²) >= 11 is 0. The summed E-state index contributed by atoms with van der Waals surface area (Å²) in [6, 6.07) is 0.666. The number of nitrogens with zero attached hydrogens (tertiary/aromatic N) is 1. The van der Waals surface area contributed by atoms with Crippen molar-refractivity contribution >= 4 is 0 Å². The molecule has 0 aliphatic rings. The molecule has 17 heavy (non-hydrogen) atoms. The molecule has 0 aromatic heterocycles. The van der Waals surface area contributed by atoms with Gasteiger partial charge in [-0.25, -0.2) is 0 Å². The minimum atomic E-state index is -0.108. The van der Waals surface area contributed by atoms with Gasteiger partial charge in [0.1, 0.15) is 0 Å². The summed E-state index contributed by atoms with van der Waals surface area (Å²) in [4.78, 5) is 2.42. The average molecular weight is 244 g/mol. The van der Waals surface area contributed by atoms with Crippen molar-refractivity contribution in [3.8, 4) is 0 Å². The van der Waals surface area contributed by atoms with Gasteiger partial charge >= 0.3 is 0 Å². The molecule has 0 bridgehead atoms. The van der Waals surface area contributed by atoms with Crippen molar-refractivity contribution in [3.05, 3.63) is 0 Å². The maximum absolute atomic E-state index is 9.40. The highest BCUT2D eigenvalue weighted by atomic mass is 16.3. The minimum absolute atomic E-state index is 0.108. The smallest absolute Gasteiger partial charge is 0.0610 e. The topological polar surface area (TPSA) is 35.5 Å². The molecule has 0 aliphatic heterocycles. The Balaban J connectivity index is 3.88. The third-order valence-electron chi connectivity index (χ3n) is 3.65. The summed E-state index contributed by atoms with van der Waals surface area (Å²) in [7, 11) is 2.20. The van der Waals surface area contributed by atoms with Crippen molar-refractivity contribution in [2.45, 2.75) is 65.0 Å². The Morgan fingerprint density at radius 2 is 2.00 bits per heavy atom. The van der Waals surface area contributed by atoms with E-state index in [9.17, 15) is 5.11 Å². The van der Waals surface area contributed by atoms with Crippen molar-refractivity contribution in [3.63, 3.8) is 0 Å². The van der Waals surface area contributed by atoms with Crippen LogP contribution in [-0.2, 0) is 0 Å². The predicted octanol–water partition coefficient (Wildman–Crippen LogP) is 2.25. The van der Waals surface area contributed by atoms with Gasteiger partial charge in [0.05, 0.1) is 6.61 Å². The predicted molar refractivity (Wildman–Crippen MR) is 75.4 cm³/mol. The highest BCUT2D eigenvalue weighted by Gasteiger charge is 2.21. The highest BCUT2D eigenvalue weighted by Crippen LogP contribution is 2.13. The number of nitrogens with one attached hydrogen (secondary N) is 1. The highest BCUT2D eigenvalue weighted by molar-refractivity contribution is 4.82. The zero-order valence-corrected chi connectivity index (χ0v) is 12.4. The molecule has 104 valence electrons. The van der Waals surface area contributed by atoms with E-state index in [1.54, 1.807) is 0 Å². The van der Waals surface area contributed by atoms with Gasteiger partial charge in [-0.05, 0) is 53.2 Å². The molecule has 3 nitrogen and oxygen atoms in total. The lowest BCUT2D eigenvalue weighted by Crippen LogP contribution is -2.46. The van der Waals surface area contributed by atoms with Gasteiger partial charge in [0.25, 0.3) is 0 Å². The first-order valence-corrected chi connectivity index (χ1v) is 7.05. The fraction of sp³-hybridized carbons (Fsp3) is 1.00. The Bertz CT molecular complexity index is 187. The first-order chi connectivity index (χ1) is 7.99. The molecule has 2 atom stereocenters. The lowest BCUT2D eigenvalue weighted by molar-refractivity contribution is 0.156. The molecule has 0 radical (unpaired) electrons. The van der Waals surface area contributed by atoms with Gasteiger partial charge in [-0.1, -0.05) is 20.3 Å². The van der Waals surface area contributed by atoms with Gasteiger partial charge in [-0.15, -0.1) is 0 Å². The maximum atomic E-state index is 9.40. The van der Waals surface area contributed by atoms with Gasteiger partial charge in [-0.2, -0.15) is 0 Å². The number of aliphatic hydroxyl groups is 1. The summed E-state index contributed by atoms with van der Waals surface area (Å²) in [5, 5.41) is 12.8. The van der Waals surface area contributed by atoms with Crippen LogP contribution < -0.4 is 5.32 Å². The zero-order chi connectivity index (χ0) is 13.3. The third kappa shape index (κ3) is 7.02. The second kappa shape index (κ2) is 8.90. The average Bonchev–Trinajstić information content (AvgIpc) is 2.29. The fourth-order valence-corrected chi connectivity index (χ4v) is 2.23. The maximum Gasteiger partial charge on any atom is 0.0610 e. The molecule has 0 amide bonds. The van der Waals surface area contributed by atoms with Crippen LogP contribution in [0.2, 0.25) is 0 Å². The molecule has 0 saturated carbocycles. The van der Waals surface area contributed by atoms with Crippen LogP contribution >= 0.6 is 0 Å². The molecule has 0 spiro atoms. The van der Waals surface area contributed by atoms with Gasteiger partial charge < -0.3 is 15.3 Å². The Labute approximate surface area is 108 Å². The van der Waals surface area contributed by atoms with Crippen LogP contribution in [0, 0.1) is 0 Å². The molecule has 0 aromatic rings. The molecule has 0 aromatic carbocycles. The minimum Gasteiger partial charge on any atom is -0.394 e. The van der Waals surface area contributed by atoms with Gasteiger partial charge in [0.2, 0.25) is 0 Å². The van der Waals surface area contributed by atoms with E-state index in [-0.39, 0.29) is 12.1 Å². The van der Waals surface area contributed by atoms with Crippen LogP contribution in [0.4, 0.5) is 0 Å². The van der Waals surface area contributed by atoms with Crippen molar-refractivity contribution in [1.82, 2.24) is 10.2 Å². The van der Waals surface area contributed by atoms with Crippen molar-refractivity contribution in [1.29, 1.82) is 0 Å². The largest absolute Gasteiger partial charge is 0.394 e. The van der Waals surface area contributed by atoms with Crippen LogP contribution in [0.3, 0.4) is 0 Å². The summed E-state index contributed by atoms with van der Waals surface area (Å²) < 4.78 is 0. The van der Waals surface area contributed by atoms with E-state index in [0.717, 1.165) is 25.9 Å². The van der Waals surface area contributed by atoms with Crippen LogP contribution in [0.25, 0.3) is 0 Å². The lowest BCUT2D eigenvalue weighted by atomic mass is 9.96. The molecule has 2 unspecified atom stereocenters. The van der Waals surface area contributed by atoms with E-state index in [4.69, 9.17) is 0 Å². The van der Waals surface area contributed by atoms with Crippen molar-refractivity contribution in [2.24, 2.45) is 0 Å². The normalized spacial score (nSPS) is 17.1. The Morgan fingerprint density at radius 1 is 1.35 bits per heavy atom. The number of likely N-dealkylation sites (N-methyl/N-ethyl adjacent to an activating group) is 1. The molecule has 0 aliphatic carbocycles. The molecule has 0 saturated heterocycles. The first kappa shape index (κ1) is 16.9. The monoisotopic (exact) mass is 244 g/mol. The lowest BCUT2D eigenvalue weighted by Gasteiger charge is -2.30. The Hall–Kier alpha value is -0.120. The SMILES string of the molecule is CCCC(C)N(C)CCCC(C)(CO)NCC. The number of hydrogen-bond acceptors (Lipinski definition) is 3. The molecule has 0 rings (SSSR count). The zero-order valence-electron chi connectivity index (χ0n) is 12.4. The van der Waals surface area contributed by atoms with E-state index < -0.39 is 0 Å². The van der Waals surface area contributed by atoms with E-state index in [1.807, 2.05) is 0 Å². The van der Waals surface area contributed by atoms with Gasteiger partial charge in [-0.3, -0.25) is 0 Å². The Morgan fingerprint density at radius 3 is 2.47 bits per heavy atom. The van der Waals surface area contributed by atoms with Gasteiger partial charge in [0.15, 0.2) is 0 Å². The van der Waals surface area contributed by atoms with E-state index >= 15 is 0 Å².